The Morgan fingerprint density at radius 1 is 1.09 bits per heavy atom. The van der Waals surface area contributed by atoms with Gasteiger partial charge in [-0.3, -0.25) is 10.2 Å². The molecule has 2 aromatic rings. The predicted octanol–water partition coefficient (Wildman–Crippen LogP) is 4.26. The Balaban J connectivity index is 1.35. The number of hydrazone groups is 1. The first-order valence-corrected chi connectivity index (χ1v) is 11.9. The van der Waals surface area contributed by atoms with Crippen LogP contribution in [0.5, 0.6) is 11.5 Å². The third-order valence-electron chi connectivity index (χ3n) is 5.83. The summed E-state index contributed by atoms with van der Waals surface area (Å²) in [6.45, 7) is 4.34. The number of amidine groups is 3. The third kappa shape index (κ3) is 4.43. The molecule has 0 aliphatic carbocycles. The topological polar surface area (TPSA) is 90.6 Å². The maximum absolute atomic E-state index is 12.7. The minimum Gasteiger partial charge on any atom is -0.493 e. The summed E-state index contributed by atoms with van der Waals surface area (Å²) in [4.78, 5) is 19.1. The molecule has 5 rings (SSSR count). The molecule has 1 amide bonds. The maximum Gasteiger partial charge on any atom is 0.283 e. The van der Waals surface area contributed by atoms with E-state index in [0.717, 1.165) is 36.7 Å². The first kappa shape index (κ1) is 22.2. The van der Waals surface area contributed by atoms with Gasteiger partial charge in [-0.15, -0.1) is 5.10 Å². The molecule has 3 heterocycles. The number of methoxy groups -OCH3 is 1. The third-order valence-corrected chi connectivity index (χ3v) is 6.80. The van der Waals surface area contributed by atoms with Crippen LogP contribution in [0.15, 0.2) is 58.1 Å². The second-order valence-electron chi connectivity index (χ2n) is 8.28. The fourth-order valence-corrected chi connectivity index (χ4v) is 4.87. The Hall–Kier alpha value is -3.59. The number of hydrogen-bond acceptors (Lipinski definition) is 7. The van der Waals surface area contributed by atoms with Crippen molar-refractivity contribution in [2.45, 2.75) is 26.4 Å². The minimum absolute atomic E-state index is 0.0235. The van der Waals surface area contributed by atoms with Gasteiger partial charge in [0.25, 0.3) is 5.91 Å². The van der Waals surface area contributed by atoms with E-state index in [0.29, 0.717) is 28.8 Å². The number of rotatable bonds is 5. The van der Waals surface area contributed by atoms with Gasteiger partial charge >= 0.3 is 0 Å². The van der Waals surface area contributed by atoms with Gasteiger partial charge < -0.3 is 14.4 Å². The van der Waals surface area contributed by atoms with E-state index >= 15 is 0 Å². The lowest BCUT2D eigenvalue weighted by molar-refractivity contribution is -0.114. The summed E-state index contributed by atoms with van der Waals surface area (Å²) in [6.07, 6.45) is 3.89. The van der Waals surface area contributed by atoms with Gasteiger partial charge in [0.15, 0.2) is 22.5 Å². The van der Waals surface area contributed by atoms with Gasteiger partial charge in [-0.2, -0.15) is 10.0 Å². The van der Waals surface area contributed by atoms with Gasteiger partial charge in [-0.25, -0.2) is 0 Å². The van der Waals surface area contributed by atoms with Crippen molar-refractivity contribution >= 4 is 39.9 Å². The molecular formula is C25H25N5O3S. The quantitative estimate of drug-likeness (QED) is 0.650. The number of amides is 1. The van der Waals surface area contributed by atoms with E-state index in [1.807, 2.05) is 37.3 Å². The molecule has 8 nitrogen and oxygen atoms in total. The molecule has 0 unspecified atom stereocenters. The zero-order valence-electron chi connectivity index (χ0n) is 19.1. The fourth-order valence-electron chi connectivity index (χ4n) is 3.92. The zero-order valence-corrected chi connectivity index (χ0v) is 19.9. The van der Waals surface area contributed by atoms with Crippen LogP contribution < -0.4 is 9.47 Å². The van der Waals surface area contributed by atoms with Crippen molar-refractivity contribution in [2.24, 2.45) is 10.1 Å². The van der Waals surface area contributed by atoms with Gasteiger partial charge in [0.1, 0.15) is 6.61 Å². The first-order chi connectivity index (χ1) is 16.5. The SMILES string of the molecule is COc1cc(/C=C2/C(=N)N3N=C(N4CCCC4)SC3=NC2=O)ccc1OCc1ccc(C)cc1. The number of likely N-dealkylation sites (tertiary alicyclic amines) is 1. The van der Waals surface area contributed by atoms with E-state index in [2.05, 4.69) is 15.0 Å². The van der Waals surface area contributed by atoms with Crippen molar-refractivity contribution in [3.63, 3.8) is 0 Å². The van der Waals surface area contributed by atoms with Gasteiger partial charge in [0.2, 0.25) is 5.17 Å². The number of carbonyl (C=O) groups excluding carboxylic acids is 1. The lowest BCUT2D eigenvalue weighted by Gasteiger charge is -2.20. The van der Waals surface area contributed by atoms with E-state index in [4.69, 9.17) is 14.9 Å². The number of hydrogen-bond donors (Lipinski definition) is 1. The normalized spacial score (nSPS) is 18.8. The summed E-state index contributed by atoms with van der Waals surface area (Å²) in [5, 5.41) is 15.8. The number of benzene rings is 2. The molecule has 0 atom stereocenters. The molecule has 1 fully saturated rings. The van der Waals surface area contributed by atoms with Gasteiger partial charge in [-0.1, -0.05) is 35.9 Å². The summed E-state index contributed by atoms with van der Waals surface area (Å²) in [5.74, 6) is 0.730. The molecule has 3 aliphatic rings. The molecule has 0 saturated carbocycles. The number of aliphatic imine (C=N–C) groups is 1. The van der Waals surface area contributed by atoms with Crippen LogP contribution in [0.3, 0.4) is 0 Å². The largest absolute Gasteiger partial charge is 0.493 e. The monoisotopic (exact) mass is 475 g/mol. The number of thioether (sulfide) groups is 1. The summed E-state index contributed by atoms with van der Waals surface area (Å²) < 4.78 is 11.5. The van der Waals surface area contributed by atoms with Crippen LogP contribution in [0, 0.1) is 12.3 Å². The van der Waals surface area contributed by atoms with E-state index in [-0.39, 0.29) is 11.4 Å². The Labute approximate surface area is 202 Å². The lowest BCUT2D eigenvalue weighted by atomic mass is 10.1. The number of aryl methyl sites for hydroxylation is 1. The molecule has 0 spiro atoms. The molecule has 9 heteroatoms. The Morgan fingerprint density at radius 3 is 2.59 bits per heavy atom. The minimum atomic E-state index is -0.444. The highest BCUT2D eigenvalue weighted by molar-refractivity contribution is 8.26. The maximum atomic E-state index is 12.7. The molecule has 1 N–H and O–H groups in total. The van der Waals surface area contributed by atoms with Crippen LogP contribution in [-0.4, -0.2) is 52.2 Å². The zero-order chi connectivity index (χ0) is 23.7. The predicted molar refractivity (Wildman–Crippen MR) is 134 cm³/mol. The molecule has 0 radical (unpaired) electrons. The van der Waals surface area contributed by atoms with Crippen LogP contribution >= 0.6 is 11.8 Å². The van der Waals surface area contributed by atoms with Gasteiger partial charge in [-0.05, 0) is 60.9 Å². The van der Waals surface area contributed by atoms with Crippen molar-refractivity contribution in [3.05, 3.63) is 64.7 Å². The first-order valence-electron chi connectivity index (χ1n) is 11.1. The van der Waals surface area contributed by atoms with Crippen LogP contribution in [0.25, 0.3) is 6.08 Å². The van der Waals surface area contributed by atoms with Gasteiger partial charge in [0, 0.05) is 13.1 Å². The molecular weight excluding hydrogens is 450 g/mol. The summed E-state index contributed by atoms with van der Waals surface area (Å²) >= 11 is 1.35. The standard InChI is InChI=1S/C25H25N5O3S/c1-16-5-7-17(8-6-16)15-33-20-10-9-18(14-21(20)32-2)13-19-22(26)30-24(27-23(19)31)34-25(28-30)29-11-3-4-12-29/h5-10,13-14,26H,3-4,11-12,15H2,1-2H3/b19-13-,26-22?. The number of nitrogens with one attached hydrogen (secondary N) is 1. The summed E-state index contributed by atoms with van der Waals surface area (Å²) in [6, 6.07) is 13.6. The van der Waals surface area contributed by atoms with Crippen molar-refractivity contribution in [1.29, 1.82) is 5.41 Å². The number of ether oxygens (including phenoxy) is 2. The fraction of sp³-hybridized carbons (Fsp3) is 0.280. The highest BCUT2D eigenvalue weighted by atomic mass is 32.2. The van der Waals surface area contributed by atoms with Crippen molar-refractivity contribution < 1.29 is 14.3 Å². The molecule has 0 aromatic heterocycles. The summed E-state index contributed by atoms with van der Waals surface area (Å²) in [7, 11) is 1.57. The molecule has 174 valence electrons. The average molecular weight is 476 g/mol. The molecule has 3 aliphatic heterocycles. The molecule has 1 saturated heterocycles. The number of nitrogens with zero attached hydrogens (tertiary/aromatic N) is 4. The Bertz CT molecular complexity index is 1230. The lowest BCUT2D eigenvalue weighted by Crippen LogP contribution is -2.35. The highest BCUT2D eigenvalue weighted by Crippen LogP contribution is 2.33. The molecule has 2 aromatic carbocycles. The Kier molecular flexibility index (Phi) is 6.10. The average Bonchev–Trinajstić information content (AvgIpc) is 3.52. The van der Waals surface area contributed by atoms with Gasteiger partial charge in [0.05, 0.1) is 12.7 Å². The van der Waals surface area contributed by atoms with E-state index in [1.54, 1.807) is 25.3 Å². The van der Waals surface area contributed by atoms with Crippen molar-refractivity contribution in [1.82, 2.24) is 9.91 Å². The van der Waals surface area contributed by atoms with Crippen molar-refractivity contribution in [3.8, 4) is 11.5 Å². The van der Waals surface area contributed by atoms with E-state index in [1.165, 1.54) is 22.3 Å². The molecule has 34 heavy (non-hydrogen) atoms. The smallest absolute Gasteiger partial charge is 0.283 e. The second kappa shape index (κ2) is 9.34. The van der Waals surface area contributed by atoms with Crippen LogP contribution in [0.2, 0.25) is 0 Å². The van der Waals surface area contributed by atoms with E-state index < -0.39 is 5.91 Å². The summed E-state index contributed by atoms with van der Waals surface area (Å²) in [5.41, 5.74) is 3.16. The van der Waals surface area contributed by atoms with E-state index in [9.17, 15) is 4.79 Å². The molecule has 0 bridgehead atoms. The van der Waals surface area contributed by atoms with Crippen LogP contribution in [0.1, 0.15) is 29.5 Å². The number of carbonyl (C=O) groups is 1. The van der Waals surface area contributed by atoms with Crippen molar-refractivity contribution in [2.75, 3.05) is 20.2 Å². The Morgan fingerprint density at radius 2 is 1.85 bits per heavy atom. The van der Waals surface area contributed by atoms with Crippen LogP contribution in [-0.2, 0) is 11.4 Å². The second-order valence-corrected chi connectivity index (χ2v) is 9.22. The highest BCUT2D eigenvalue weighted by Gasteiger charge is 2.37. The van der Waals surface area contributed by atoms with Crippen LogP contribution in [0.4, 0.5) is 0 Å². The number of fused-ring (bicyclic) bond motifs is 1.